The third-order valence-electron chi connectivity index (χ3n) is 5.59. The number of hydrogen-bond donors (Lipinski definition) is 1. The van der Waals surface area contributed by atoms with Crippen LogP contribution >= 0.6 is 23.5 Å². The highest BCUT2D eigenvalue weighted by Gasteiger charge is 2.26. The number of amides is 1. The van der Waals surface area contributed by atoms with Crippen molar-refractivity contribution in [3.8, 4) is 5.75 Å². The fourth-order valence-corrected chi connectivity index (χ4v) is 5.24. The van der Waals surface area contributed by atoms with Gasteiger partial charge in [0.05, 0.1) is 0 Å². The number of carbonyl (C=O) groups excluding carboxylic acids is 1. The van der Waals surface area contributed by atoms with Crippen LogP contribution in [0.2, 0.25) is 0 Å². The Morgan fingerprint density at radius 3 is 2.58 bits per heavy atom. The first-order valence-electron chi connectivity index (χ1n) is 11.5. The van der Waals surface area contributed by atoms with Gasteiger partial charge in [-0.2, -0.15) is 5.10 Å². The minimum atomic E-state index is -0.331. The number of hydrogen-bond acceptors (Lipinski definition) is 9. The second-order valence-electron chi connectivity index (χ2n) is 8.32. The van der Waals surface area contributed by atoms with Crippen LogP contribution in [0.1, 0.15) is 17.4 Å². The summed E-state index contributed by atoms with van der Waals surface area (Å²) in [5.74, 6) is 0.981. The van der Waals surface area contributed by atoms with Crippen molar-refractivity contribution in [2.45, 2.75) is 33.0 Å². The van der Waals surface area contributed by atoms with E-state index in [4.69, 9.17) is 4.74 Å². The number of carbonyl (C=O) groups is 1. The monoisotopic (exact) mass is 522 g/mol. The number of anilines is 1. The van der Waals surface area contributed by atoms with Crippen LogP contribution in [0.3, 0.4) is 0 Å². The Bertz CT molecular complexity index is 1350. The smallest absolute Gasteiger partial charge is 0.276 e. The average molecular weight is 523 g/mol. The van der Waals surface area contributed by atoms with E-state index in [9.17, 15) is 4.79 Å². The number of pyridine rings is 1. The lowest BCUT2D eigenvalue weighted by molar-refractivity contribution is 0.0238. The maximum atomic E-state index is 13.2. The predicted octanol–water partition coefficient (Wildman–Crippen LogP) is 3.58. The molecule has 0 unspecified atom stereocenters. The molecule has 1 N–H and O–H groups in total. The summed E-state index contributed by atoms with van der Waals surface area (Å²) >= 11 is 2.82. The molecule has 1 saturated heterocycles. The molecule has 1 aliphatic rings. The van der Waals surface area contributed by atoms with Gasteiger partial charge in [-0.25, -0.2) is 4.98 Å². The number of rotatable bonds is 9. The van der Waals surface area contributed by atoms with Crippen molar-refractivity contribution in [1.29, 1.82) is 0 Å². The van der Waals surface area contributed by atoms with Gasteiger partial charge in [-0.1, -0.05) is 18.7 Å². The lowest BCUT2D eigenvalue weighted by atomic mass is 10.2. The Morgan fingerprint density at radius 2 is 1.92 bits per heavy atom. The van der Waals surface area contributed by atoms with E-state index in [0.29, 0.717) is 21.7 Å². The Labute approximate surface area is 217 Å². The lowest BCUT2D eigenvalue weighted by Gasteiger charge is -2.38. The molecule has 0 spiro atoms. The lowest BCUT2D eigenvalue weighted by Crippen LogP contribution is -2.53. The number of aryl methyl sites for hydroxylation is 2. The quantitative estimate of drug-likeness (QED) is 0.353. The van der Waals surface area contributed by atoms with Gasteiger partial charge in [0, 0.05) is 49.2 Å². The molecule has 0 atom stereocenters. The molecule has 36 heavy (non-hydrogen) atoms. The minimum Gasteiger partial charge on any atom is -0.488 e. The highest BCUT2D eigenvalue weighted by atomic mass is 32.2. The molecule has 4 aromatic rings. The maximum Gasteiger partial charge on any atom is 0.276 e. The fraction of sp³-hybridized carbons (Fsp3) is 0.292. The van der Waals surface area contributed by atoms with Crippen LogP contribution in [0.15, 0.2) is 75.0 Å². The molecule has 0 radical (unpaired) electrons. The Morgan fingerprint density at radius 1 is 1.11 bits per heavy atom. The van der Waals surface area contributed by atoms with Crippen molar-refractivity contribution in [2.75, 3.05) is 25.0 Å². The van der Waals surface area contributed by atoms with Crippen molar-refractivity contribution in [2.24, 2.45) is 14.1 Å². The van der Waals surface area contributed by atoms with Gasteiger partial charge < -0.3 is 14.6 Å². The largest absolute Gasteiger partial charge is 0.488 e. The highest BCUT2D eigenvalue weighted by molar-refractivity contribution is 7.99. The van der Waals surface area contributed by atoms with E-state index >= 15 is 0 Å². The number of likely N-dealkylation sites (tertiary alicyclic amines) is 1. The normalized spacial score (nSPS) is 14.0. The summed E-state index contributed by atoms with van der Waals surface area (Å²) in [5.41, 5.74) is 0.312. The second kappa shape index (κ2) is 10.7. The summed E-state index contributed by atoms with van der Waals surface area (Å²) in [6.45, 7) is 5.14. The van der Waals surface area contributed by atoms with Crippen LogP contribution in [-0.2, 0) is 14.1 Å². The van der Waals surface area contributed by atoms with E-state index in [-0.39, 0.29) is 12.0 Å². The molecular weight excluding hydrogens is 496 g/mol. The van der Waals surface area contributed by atoms with Crippen molar-refractivity contribution in [3.63, 3.8) is 0 Å². The molecule has 1 aliphatic heterocycles. The van der Waals surface area contributed by atoms with Crippen molar-refractivity contribution < 1.29 is 9.53 Å². The zero-order valence-corrected chi connectivity index (χ0v) is 21.8. The van der Waals surface area contributed by atoms with Gasteiger partial charge in [0.15, 0.2) is 11.0 Å². The molecule has 3 aromatic heterocycles. The van der Waals surface area contributed by atoms with Gasteiger partial charge in [-0.05, 0) is 54.7 Å². The zero-order chi connectivity index (χ0) is 25.1. The topological polar surface area (TPSA) is 103 Å². The second-order valence-corrected chi connectivity index (χ2v) is 10.4. The van der Waals surface area contributed by atoms with Gasteiger partial charge >= 0.3 is 0 Å². The zero-order valence-electron chi connectivity index (χ0n) is 20.2. The molecule has 0 saturated carbocycles. The van der Waals surface area contributed by atoms with Gasteiger partial charge in [0.2, 0.25) is 0 Å². The number of likely N-dealkylation sites (N-methyl/N-ethyl adjacent to an activating group) is 1. The molecule has 186 valence electrons. The molecule has 12 heteroatoms. The van der Waals surface area contributed by atoms with Crippen LogP contribution < -0.4 is 10.1 Å². The summed E-state index contributed by atoms with van der Waals surface area (Å²) in [7, 11) is 3.66. The molecule has 0 bridgehead atoms. The van der Waals surface area contributed by atoms with Crippen LogP contribution in [-0.4, -0.2) is 66.1 Å². The number of nitrogens with one attached hydrogen (secondary N) is 1. The third-order valence-corrected chi connectivity index (χ3v) is 7.64. The Hall–Kier alpha value is -3.35. The summed E-state index contributed by atoms with van der Waals surface area (Å²) in [6, 6.07) is 13.5. The van der Waals surface area contributed by atoms with Gasteiger partial charge in [0.1, 0.15) is 28.9 Å². The molecule has 4 heterocycles. The minimum absolute atomic E-state index is 0.244. The first-order valence-corrected chi connectivity index (χ1v) is 13.1. The number of aromatic nitrogens is 6. The highest BCUT2D eigenvalue weighted by Crippen LogP contribution is 2.34. The number of nitrogens with zero attached hydrogens (tertiary/aromatic N) is 7. The summed E-state index contributed by atoms with van der Waals surface area (Å²) < 4.78 is 9.47. The van der Waals surface area contributed by atoms with Crippen LogP contribution in [0, 0.1) is 0 Å². The van der Waals surface area contributed by atoms with E-state index in [1.807, 2.05) is 43.4 Å². The van der Waals surface area contributed by atoms with E-state index in [1.54, 1.807) is 34.9 Å². The summed E-state index contributed by atoms with van der Waals surface area (Å²) in [6.07, 6.45) is 3.64. The predicted molar refractivity (Wildman–Crippen MR) is 138 cm³/mol. The fourth-order valence-electron chi connectivity index (χ4n) is 3.61. The molecule has 0 aliphatic carbocycles. The summed E-state index contributed by atoms with van der Waals surface area (Å²) in [5, 5.41) is 16.4. The Kier molecular flexibility index (Phi) is 7.25. The molecule has 10 nitrogen and oxygen atoms in total. The molecular formula is C24H26N8O2S2. The van der Waals surface area contributed by atoms with E-state index < -0.39 is 0 Å². The van der Waals surface area contributed by atoms with Gasteiger partial charge in [-0.15, -0.1) is 10.2 Å². The van der Waals surface area contributed by atoms with E-state index in [1.165, 1.54) is 23.5 Å². The maximum absolute atomic E-state index is 13.2. The van der Waals surface area contributed by atoms with Crippen LogP contribution in [0.4, 0.5) is 5.82 Å². The van der Waals surface area contributed by atoms with Crippen molar-refractivity contribution >= 4 is 35.2 Å². The first-order chi connectivity index (χ1) is 17.5. The number of benzene rings is 1. The molecule has 5 rings (SSSR count). The van der Waals surface area contributed by atoms with Crippen molar-refractivity contribution in [3.05, 3.63) is 60.7 Å². The molecule has 1 amide bonds. The van der Waals surface area contributed by atoms with Gasteiger partial charge in [0.25, 0.3) is 5.91 Å². The molecule has 1 aromatic carbocycles. The standard InChI is InChI=1S/C24H26N8O2S2/c1-4-32-13-17(14-32)34-16-5-7-18(8-6-16)35-19-9-10-21(36-24-28-25-15-30(24)2)27-22(19)23(33)26-20-11-12-31(3)29-20/h5-12,15,17H,4,13-14H2,1-3H3,(H,26,29,33). The summed E-state index contributed by atoms with van der Waals surface area (Å²) in [4.78, 5) is 21.9. The molecule has 1 fully saturated rings. The third kappa shape index (κ3) is 5.72. The van der Waals surface area contributed by atoms with Crippen LogP contribution in [0.5, 0.6) is 5.75 Å². The van der Waals surface area contributed by atoms with Gasteiger partial charge in [-0.3, -0.25) is 14.4 Å². The average Bonchev–Trinajstić information content (AvgIpc) is 3.45. The SMILES string of the molecule is CCN1CC(Oc2ccc(Sc3ccc(Sc4nncn4C)nc3C(=O)Nc3ccn(C)n3)cc2)C1. The first kappa shape index (κ1) is 24.3. The van der Waals surface area contributed by atoms with E-state index in [0.717, 1.165) is 35.2 Å². The van der Waals surface area contributed by atoms with E-state index in [2.05, 4.69) is 37.4 Å². The Balaban J connectivity index is 1.34. The van der Waals surface area contributed by atoms with Crippen molar-refractivity contribution in [1.82, 2.24) is 34.4 Å². The number of ether oxygens (including phenoxy) is 1. The van der Waals surface area contributed by atoms with Crippen LogP contribution in [0.25, 0.3) is 0 Å².